The molecule has 3 N–H and O–H groups in total. The maximum atomic E-state index is 12.1. The lowest BCUT2D eigenvalue weighted by Gasteiger charge is -2.28. The van der Waals surface area contributed by atoms with Gasteiger partial charge < -0.3 is 16.0 Å². The molecule has 0 aliphatic carbocycles. The van der Waals surface area contributed by atoms with E-state index in [-0.39, 0.29) is 30.3 Å². The molecule has 0 radical (unpaired) electrons. The van der Waals surface area contributed by atoms with Gasteiger partial charge in [-0.2, -0.15) is 0 Å². The first-order valence-electron chi connectivity index (χ1n) is 8.24. The van der Waals surface area contributed by atoms with Crippen molar-refractivity contribution in [2.75, 3.05) is 13.1 Å². The third-order valence-electron chi connectivity index (χ3n) is 4.47. The Labute approximate surface area is 140 Å². The van der Waals surface area contributed by atoms with E-state index < -0.39 is 6.04 Å². The molecular formula is C16H32ClN3O2. The van der Waals surface area contributed by atoms with Gasteiger partial charge in [-0.05, 0) is 58.0 Å². The van der Waals surface area contributed by atoms with Crippen molar-refractivity contribution < 1.29 is 9.59 Å². The standard InChI is InChI=1S/C16H31N3O2.ClH/c1-5-12(3)18-16(21)13(4)19-15(20)10-11(2)14-6-8-17-9-7-14;/h11-14,17H,5-10H2,1-4H3,(H,18,21)(H,19,20);1H. The Hall–Kier alpha value is -0.810. The maximum absolute atomic E-state index is 12.1. The molecule has 0 aromatic heterocycles. The lowest BCUT2D eigenvalue weighted by atomic mass is 9.84. The van der Waals surface area contributed by atoms with E-state index in [1.165, 1.54) is 0 Å². The molecule has 130 valence electrons. The molecule has 0 saturated carbocycles. The van der Waals surface area contributed by atoms with Gasteiger partial charge in [-0.25, -0.2) is 0 Å². The first-order chi connectivity index (χ1) is 9.93. The van der Waals surface area contributed by atoms with Crippen molar-refractivity contribution in [1.82, 2.24) is 16.0 Å². The second-order valence-corrected chi connectivity index (χ2v) is 6.38. The Kier molecular flexibility index (Phi) is 10.4. The predicted molar refractivity (Wildman–Crippen MR) is 92.1 cm³/mol. The minimum atomic E-state index is -0.466. The van der Waals surface area contributed by atoms with Crippen molar-refractivity contribution >= 4 is 24.2 Å². The molecule has 1 heterocycles. The average molecular weight is 334 g/mol. The highest BCUT2D eigenvalue weighted by Crippen LogP contribution is 2.24. The molecular weight excluding hydrogens is 302 g/mol. The number of hydrogen-bond donors (Lipinski definition) is 3. The van der Waals surface area contributed by atoms with Gasteiger partial charge in [-0.15, -0.1) is 12.4 Å². The summed E-state index contributed by atoms with van der Waals surface area (Å²) in [6.45, 7) is 9.96. The van der Waals surface area contributed by atoms with Gasteiger partial charge in [0.05, 0.1) is 0 Å². The van der Waals surface area contributed by atoms with E-state index in [2.05, 4.69) is 22.9 Å². The first kappa shape index (κ1) is 21.2. The van der Waals surface area contributed by atoms with Crippen LogP contribution >= 0.6 is 12.4 Å². The maximum Gasteiger partial charge on any atom is 0.242 e. The minimum absolute atomic E-state index is 0. The summed E-state index contributed by atoms with van der Waals surface area (Å²) in [6, 6.07) is -0.322. The number of hydrogen-bond acceptors (Lipinski definition) is 3. The topological polar surface area (TPSA) is 70.2 Å². The van der Waals surface area contributed by atoms with Gasteiger partial charge in [0.2, 0.25) is 11.8 Å². The van der Waals surface area contributed by atoms with Gasteiger partial charge in [0, 0.05) is 12.5 Å². The van der Waals surface area contributed by atoms with Crippen molar-refractivity contribution in [3.8, 4) is 0 Å². The summed E-state index contributed by atoms with van der Waals surface area (Å²) < 4.78 is 0. The van der Waals surface area contributed by atoms with Gasteiger partial charge >= 0.3 is 0 Å². The van der Waals surface area contributed by atoms with Crippen molar-refractivity contribution in [3.63, 3.8) is 0 Å². The monoisotopic (exact) mass is 333 g/mol. The molecule has 2 amide bonds. The van der Waals surface area contributed by atoms with Crippen LogP contribution in [0.4, 0.5) is 0 Å². The van der Waals surface area contributed by atoms with Crippen LogP contribution in [-0.2, 0) is 9.59 Å². The van der Waals surface area contributed by atoms with Crippen LogP contribution in [0.5, 0.6) is 0 Å². The number of amides is 2. The average Bonchev–Trinajstić information content (AvgIpc) is 2.47. The molecule has 0 spiro atoms. The lowest BCUT2D eigenvalue weighted by Crippen LogP contribution is -2.47. The summed E-state index contributed by atoms with van der Waals surface area (Å²) in [6.07, 6.45) is 3.67. The molecule has 22 heavy (non-hydrogen) atoms. The third kappa shape index (κ3) is 7.45. The summed E-state index contributed by atoms with van der Waals surface area (Å²) in [4.78, 5) is 24.0. The zero-order chi connectivity index (χ0) is 15.8. The number of nitrogens with one attached hydrogen (secondary N) is 3. The van der Waals surface area contributed by atoms with Crippen LogP contribution < -0.4 is 16.0 Å². The SMILES string of the molecule is CCC(C)NC(=O)C(C)NC(=O)CC(C)C1CCNCC1.Cl. The minimum Gasteiger partial charge on any atom is -0.352 e. The largest absolute Gasteiger partial charge is 0.352 e. The second kappa shape index (κ2) is 10.8. The van der Waals surface area contributed by atoms with Crippen LogP contribution in [0.3, 0.4) is 0 Å². The number of piperidine rings is 1. The molecule has 0 aromatic rings. The summed E-state index contributed by atoms with van der Waals surface area (Å²) >= 11 is 0. The molecule has 1 saturated heterocycles. The van der Waals surface area contributed by atoms with Gasteiger partial charge in [-0.1, -0.05) is 13.8 Å². The van der Waals surface area contributed by atoms with E-state index in [4.69, 9.17) is 0 Å². The Bertz CT molecular complexity index is 346. The van der Waals surface area contributed by atoms with Crippen LogP contribution in [0, 0.1) is 11.8 Å². The molecule has 0 bridgehead atoms. The first-order valence-corrected chi connectivity index (χ1v) is 8.24. The van der Waals surface area contributed by atoms with Crippen LogP contribution in [0.15, 0.2) is 0 Å². The second-order valence-electron chi connectivity index (χ2n) is 6.38. The van der Waals surface area contributed by atoms with Gasteiger partial charge in [0.25, 0.3) is 0 Å². The zero-order valence-electron chi connectivity index (χ0n) is 14.3. The van der Waals surface area contributed by atoms with Gasteiger partial charge in [-0.3, -0.25) is 9.59 Å². The highest BCUT2D eigenvalue weighted by Gasteiger charge is 2.23. The quantitative estimate of drug-likeness (QED) is 0.666. The molecule has 1 aliphatic heterocycles. The van der Waals surface area contributed by atoms with E-state index in [9.17, 15) is 9.59 Å². The molecule has 3 unspecified atom stereocenters. The van der Waals surface area contributed by atoms with Crippen molar-refractivity contribution in [2.24, 2.45) is 11.8 Å². The molecule has 5 nitrogen and oxygen atoms in total. The Morgan fingerprint density at radius 1 is 1.14 bits per heavy atom. The van der Waals surface area contributed by atoms with E-state index in [1.807, 2.05) is 13.8 Å². The smallest absolute Gasteiger partial charge is 0.242 e. The van der Waals surface area contributed by atoms with Gasteiger partial charge in [0.15, 0.2) is 0 Å². The summed E-state index contributed by atoms with van der Waals surface area (Å²) in [5.74, 6) is 0.859. The van der Waals surface area contributed by atoms with Crippen LogP contribution in [0.1, 0.15) is 53.4 Å². The highest BCUT2D eigenvalue weighted by molar-refractivity contribution is 5.87. The Morgan fingerprint density at radius 3 is 2.27 bits per heavy atom. The van der Waals surface area contributed by atoms with Crippen LogP contribution in [-0.4, -0.2) is 37.0 Å². The normalized spacial score (nSPS) is 19.5. The number of rotatable bonds is 7. The number of carbonyl (C=O) groups excluding carboxylic acids is 2. The van der Waals surface area contributed by atoms with E-state index in [0.29, 0.717) is 18.3 Å². The van der Waals surface area contributed by atoms with Gasteiger partial charge in [0.1, 0.15) is 6.04 Å². The lowest BCUT2D eigenvalue weighted by molar-refractivity contribution is -0.129. The fraction of sp³-hybridized carbons (Fsp3) is 0.875. The summed E-state index contributed by atoms with van der Waals surface area (Å²) in [7, 11) is 0. The molecule has 1 aliphatic rings. The highest BCUT2D eigenvalue weighted by atomic mass is 35.5. The van der Waals surface area contributed by atoms with Crippen LogP contribution in [0.2, 0.25) is 0 Å². The molecule has 0 aromatic carbocycles. The van der Waals surface area contributed by atoms with E-state index in [0.717, 1.165) is 32.4 Å². The predicted octanol–water partition coefficient (Wildman–Crippen LogP) is 1.85. The third-order valence-corrected chi connectivity index (χ3v) is 4.47. The van der Waals surface area contributed by atoms with Crippen molar-refractivity contribution in [3.05, 3.63) is 0 Å². The summed E-state index contributed by atoms with van der Waals surface area (Å²) in [5.41, 5.74) is 0. The van der Waals surface area contributed by atoms with Crippen molar-refractivity contribution in [2.45, 2.75) is 65.5 Å². The molecule has 6 heteroatoms. The van der Waals surface area contributed by atoms with Crippen molar-refractivity contribution in [1.29, 1.82) is 0 Å². The number of halogens is 1. The fourth-order valence-electron chi connectivity index (χ4n) is 2.71. The van der Waals surface area contributed by atoms with E-state index in [1.54, 1.807) is 6.92 Å². The molecule has 3 atom stereocenters. The summed E-state index contributed by atoms with van der Waals surface area (Å²) in [5, 5.41) is 9.04. The zero-order valence-corrected chi connectivity index (χ0v) is 15.1. The molecule has 1 rings (SSSR count). The van der Waals surface area contributed by atoms with Crippen LogP contribution in [0.25, 0.3) is 0 Å². The Balaban J connectivity index is 0.00000441. The fourth-order valence-corrected chi connectivity index (χ4v) is 2.71. The molecule has 1 fully saturated rings. The van der Waals surface area contributed by atoms with E-state index >= 15 is 0 Å². The Morgan fingerprint density at radius 2 is 1.73 bits per heavy atom. The number of carbonyl (C=O) groups is 2.